The summed E-state index contributed by atoms with van der Waals surface area (Å²) in [5.41, 5.74) is -0.412. The van der Waals surface area contributed by atoms with Crippen molar-refractivity contribution in [2.75, 3.05) is 11.9 Å². The Morgan fingerprint density at radius 2 is 1.50 bits per heavy atom. The van der Waals surface area contributed by atoms with Crippen LogP contribution in [0.1, 0.15) is 31.1 Å². The summed E-state index contributed by atoms with van der Waals surface area (Å²) in [6.45, 7) is 0. The van der Waals surface area contributed by atoms with Gasteiger partial charge in [-0.15, -0.1) is 0 Å². The van der Waals surface area contributed by atoms with Gasteiger partial charge < -0.3 is 24.7 Å². The molecule has 0 atom stereocenters. The van der Waals surface area contributed by atoms with E-state index < -0.39 is 23.4 Å². The third-order valence-electron chi connectivity index (χ3n) is 3.15. The van der Waals surface area contributed by atoms with E-state index in [0.717, 1.165) is 18.2 Å². The first-order valence-corrected chi connectivity index (χ1v) is 6.31. The number of anilines is 1. The van der Waals surface area contributed by atoms with Crippen molar-refractivity contribution < 1.29 is 24.6 Å². The zero-order chi connectivity index (χ0) is 16.3. The highest BCUT2D eigenvalue weighted by Crippen LogP contribution is 2.18. The third-order valence-corrected chi connectivity index (χ3v) is 3.15. The maximum atomic E-state index is 12.4. The Morgan fingerprint density at radius 3 is 2.05 bits per heavy atom. The minimum Gasteiger partial charge on any atom is -0.545 e. The lowest BCUT2D eigenvalue weighted by Crippen LogP contribution is -2.32. The van der Waals surface area contributed by atoms with Crippen molar-refractivity contribution in [1.29, 1.82) is 0 Å². The number of hydrogen-bond donors (Lipinski definition) is 0. The molecule has 0 heterocycles. The van der Waals surface area contributed by atoms with Gasteiger partial charge in [0.2, 0.25) is 0 Å². The van der Waals surface area contributed by atoms with Crippen LogP contribution in [0.3, 0.4) is 0 Å². The van der Waals surface area contributed by atoms with E-state index in [9.17, 15) is 24.6 Å². The van der Waals surface area contributed by atoms with Crippen molar-refractivity contribution in [1.82, 2.24) is 0 Å². The molecular formula is C16H11NO5-2. The highest BCUT2D eigenvalue weighted by molar-refractivity contribution is 6.12. The largest absolute Gasteiger partial charge is 0.545 e. The quantitative estimate of drug-likeness (QED) is 0.770. The molecule has 0 aliphatic heterocycles. The first-order valence-electron chi connectivity index (χ1n) is 6.31. The summed E-state index contributed by atoms with van der Waals surface area (Å²) < 4.78 is 0. The molecule has 0 radical (unpaired) electrons. The summed E-state index contributed by atoms with van der Waals surface area (Å²) >= 11 is 0. The molecule has 0 spiro atoms. The Kier molecular flexibility index (Phi) is 4.22. The minimum absolute atomic E-state index is 0.156. The second-order valence-electron chi connectivity index (χ2n) is 4.53. The van der Waals surface area contributed by atoms with E-state index in [1.165, 1.54) is 11.9 Å². The molecule has 1 amide bonds. The van der Waals surface area contributed by atoms with Gasteiger partial charge in [0.05, 0.1) is 11.9 Å². The smallest absolute Gasteiger partial charge is 0.258 e. The summed E-state index contributed by atoms with van der Waals surface area (Å²) in [6, 6.07) is 11.7. The second kappa shape index (κ2) is 6.09. The first-order chi connectivity index (χ1) is 10.4. The van der Waals surface area contributed by atoms with Gasteiger partial charge in [-0.05, 0) is 29.8 Å². The summed E-state index contributed by atoms with van der Waals surface area (Å²) in [5.74, 6) is -3.75. The van der Waals surface area contributed by atoms with E-state index in [-0.39, 0.29) is 11.1 Å². The Balaban J connectivity index is 2.45. The van der Waals surface area contributed by atoms with Crippen LogP contribution in [0.2, 0.25) is 0 Å². The number of amides is 1. The van der Waals surface area contributed by atoms with Crippen LogP contribution < -0.4 is 15.1 Å². The monoisotopic (exact) mass is 297 g/mol. The Morgan fingerprint density at radius 1 is 0.864 bits per heavy atom. The maximum absolute atomic E-state index is 12.4. The summed E-state index contributed by atoms with van der Waals surface area (Å²) in [6.07, 6.45) is 0. The minimum atomic E-state index is -1.63. The summed E-state index contributed by atoms with van der Waals surface area (Å²) in [5, 5.41) is 22.0. The van der Waals surface area contributed by atoms with Crippen LogP contribution in [0.25, 0.3) is 0 Å². The number of carbonyl (C=O) groups is 3. The topological polar surface area (TPSA) is 101 Å². The molecule has 2 rings (SSSR count). The SMILES string of the molecule is CN(C(=O)c1ccc(C(=O)[O-])cc1C(=O)[O-])c1ccccc1. The number of hydrogen-bond acceptors (Lipinski definition) is 5. The van der Waals surface area contributed by atoms with Gasteiger partial charge >= 0.3 is 0 Å². The fourth-order valence-electron chi connectivity index (χ4n) is 1.98. The van der Waals surface area contributed by atoms with Crippen LogP contribution in [-0.2, 0) is 0 Å². The number of carboxylic acids is 2. The van der Waals surface area contributed by atoms with Gasteiger partial charge in [-0.2, -0.15) is 0 Å². The van der Waals surface area contributed by atoms with Crippen molar-refractivity contribution in [3.63, 3.8) is 0 Å². The Hall–Kier alpha value is -3.15. The van der Waals surface area contributed by atoms with Crippen LogP contribution in [-0.4, -0.2) is 24.9 Å². The van der Waals surface area contributed by atoms with E-state index in [4.69, 9.17) is 0 Å². The molecule has 0 bridgehead atoms. The average molecular weight is 297 g/mol. The number of carboxylic acid groups (broad SMARTS) is 2. The molecule has 2 aromatic carbocycles. The zero-order valence-corrected chi connectivity index (χ0v) is 11.6. The van der Waals surface area contributed by atoms with Gasteiger partial charge in [-0.1, -0.05) is 24.3 Å². The van der Waals surface area contributed by atoms with Crippen molar-refractivity contribution in [3.05, 3.63) is 65.2 Å². The second-order valence-corrected chi connectivity index (χ2v) is 4.53. The van der Waals surface area contributed by atoms with Gasteiger partial charge in [0, 0.05) is 23.9 Å². The van der Waals surface area contributed by atoms with Crippen LogP contribution in [0, 0.1) is 0 Å². The fraction of sp³-hybridized carbons (Fsp3) is 0.0625. The molecule has 0 aliphatic carbocycles. The van der Waals surface area contributed by atoms with Crippen LogP contribution in [0.15, 0.2) is 48.5 Å². The van der Waals surface area contributed by atoms with Crippen LogP contribution in [0.4, 0.5) is 5.69 Å². The molecule has 22 heavy (non-hydrogen) atoms. The normalized spacial score (nSPS) is 10.0. The summed E-state index contributed by atoms with van der Waals surface area (Å²) in [7, 11) is 1.49. The van der Waals surface area contributed by atoms with Gasteiger partial charge in [-0.3, -0.25) is 4.79 Å². The number of rotatable bonds is 4. The van der Waals surface area contributed by atoms with E-state index in [0.29, 0.717) is 5.69 Å². The number of aromatic carboxylic acids is 2. The molecule has 0 aliphatic rings. The molecule has 6 nitrogen and oxygen atoms in total. The molecule has 0 N–H and O–H groups in total. The number of carbonyl (C=O) groups excluding carboxylic acids is 3. The average Bonchev–Trinajstić information content (AvgIpc) is 2.53. The highest BCUT2D eigenvalue weighted by Gasteiger charge is 2.18. The summed E-state index contributed by atoms with van der Waals surface area (Å²) in [4.78, 5) is 35.6. The van der Waals surface area contributed by atoms with Crippen LogP contribution in [0.5, 0.6) is 0 Å². The fourth-order valence-corrected chi connectivity index (χ4v) is 1.98. The van der Waals surface area contributed by atoms with Crippen molar-refractivity contribution in [2.45, 2.75) is 0 Å². The van der Waals surface area contributed by atoms with Gasteiger partial charge in [-0.25, -0.2) is 0 Å². The molecule has 0 fully saturated rings. The zero-order valence-electron chi connectivity index (χ0n) is 11.6. The molecule has 0 saturated carbocycles. The van der Waals surface area contributed by atoms with Crippen molar-refractivity contribution >= 4 is 23.5 Å². The van der Waals surface area contributed by atoms with Gasteiger partial charge in [0.25, 0.3) is 5.91 Å². The van der Waals surface area contributed by atoms with Gasteiger partial charge in [0.1, 0.15) is 0 Å². The van der Waals surface area contributed by atoms with Crippen molar-refractivity contribution in [2.24, 2.45) is 0 Å². The molecule has 0 unspecified atom stereocenters. The number of benzene rings is 2. The molecule has 0 saturated heterocycles. The van der Waals surface area contributed by atoms with E-state index in [1.54, 1.807) is 30.3 Å². The standard InChI is InChI=1S/C16H13NO5/c1-17(11-5-3-2-4-6-11)14(18)12-8-7-10(15(19)20)9-13(12)16(21)22/h2-9H,1H3,(H,19,20)(H,21,22)/p-2. The highest BCUT2D eigenvalue weighted by atomic mass is 16.4. The molecule has 2 aromatic rings. The lowest BCUT2D eigenvalue weighted by molar-refractivity contribution is -0.255. The molecule has 0 aromatic heterocycles. The maximum Gasteiger partial charge on any atom is 0.258 e. The van der Waals surface area contributed by atoms with Gasteiger partial charge in [0.15, 0.2) is 0 Å². The van der Waals surface area contributed by atoms with Crippen molar-refractivity contribution in [3.8, 4) is 0 Å². The molecular weight excluding hydrogens is 286 g/mol. The van der Waals surface area contributed by atoms with E-state index >= 15 is 0 Å². The van der Waals surface area contributed by atoms with E-state index in [2.05, 4.69) is 0 Å². The predicted octanol–water partition coefficient (Wildman–Crippen LogP) is -0.310. The molecule has 6 heteroatoms. The lowest BCUT2D eigenvalue weighted by Gasteiger charge is -2.20. The first kappa shape index (κ1) is 15.2. The predicted molar refractivity (Wildman–Crippen MR) is 74.3 cm³/mol. The van der Waals surface area contributed by atoms with E-state index in [1.807, 2.05) is 0 Å². The number of para-hydroxylation sites is 1. The Labute approximate surface area is 126 Å². The lowest BCUT2D eigenvalue weighted by atomic mass is 10.0. The third kappa shape index (κ3) is 2.95. The Bertz CT molecular complexity index is 739. The number of nitrogens with zero attached hydrogens (tertiary/aromatic N) is 1. The molecule has 112 valence electrons. The van der Waals surface area contributed by atoms with Crippen LogP contribution >= 0.6 is 0 Å².